The summed E-state index contributed by atoms with van der Waals surface area (Å²) in [6.07, 6.45) is 0.200. The molecule has 4 rings (SSSR count). The number of ether oxygens (including phenoxy) is 2. The predicted molar refractivity (Wildman–Crippen MR) is 103 cm³/mol. The topological polar surface area (TPSA) is 76.2 Å². The first-order valence-corrected chi connectivity index (χ1v) is 9.13. The molecule has 0 fully saturated rings. The van der Waals surface area contributed by atoms with E-state index in [0.29, 0.717) is 35.9 Å². The summed E-state index contributed by atoms with van der Waals surface area (Å²) in [5.74, 6) is 0.815. The van der Waals surface area contributed by atoms with Crippen LogP contribution >= 0.6 is 0 Å². The highest BCUT2D eigenvalue weighted by Crippen LogP contribution is 2.33. The van der Waals surface area contributed by atoms with Crippen molar-refractivity contribution in [2.75, 3.05) is 36.6 Å². The van der Waals surface area contributed by atoms with Gasteiger partial charge in [-0.3, -0.25) is 14.4 Å². The van der Waals surface area contributed by atoms with Crippen LogP contribution in [0.1, 0.15) is 23.2 Å². The number of ketones is 1. The summed E-state index contributed by atoms with van der Waals surface area (Å²) >= 11 is 0. The van der Waals surface area contributed by atoms with E-state index in [1.54, 1.807) is 30.1 Å². The van der Waals surface area contributed by atoms with E-state index >= 15 is 0 Å². The number of carbonyl (C=O) groups is 3. The molecule has 28 heavy (non-hydrogen) atoms. The van der Waals surface area contributed by atoms with Gasteiger partial charge in [0.15, 0.2) is 12.4 Å². The van der Waals surface area contributed by atoms with E-state index in [4.69, 9.17) is 9.47 Å². The van der Waals surface area contributed by atoms with Crippen LogP contribution in [0.3, 0.4) is 0 Å². The van der Waals surface area contributed by atoms with E-state index in [1.807, 2.05) is 24.3 Å². The van der Waals surface area contributed by atoms with Crippen LogP contribution in [0.25, 0.3) is 0 Å². The number of carbonyl (C=O) groups excluding carboxylic acids is 3. The highest BCUT2D eigenvalue weighted by atomic mass is 16.5. The number of rotatable bonds is 4. The number of likely N-dealkylation sites (N-methyl/N-ethyl adjacent to an activating group) is 1. The van der Waals surface area contributed by atoms with Gasteiger partial charge in [-0.1, -0.05) is 12.1 Å². The SMILES string of the molecule is CN1C(=O)COc2ccc(C(=O)CCC(=O)N3CCOc4ccccc43)cc21. The number of para-hydroxylation sites is 2. The fourth-order valence-electron chi connectivity index (χ4n) is 3.37. The average molecular weight is 380 g/mol. The first-order chi connectivity index (χ1) is 13.5. The molecule has 2 amide bonds. The maximum absolute atomic E-state index is 12.7. The second kappa shape index (κ2) is 7.34. The van der Waals surface area contributed by atoms with Crippen molar-refractivity contribution in [1.82, 2.24) is 0 Å². The van der Waals surface area contributed by atoms with Crippen LogP contribution in [-0.4, -0.2) is 44.4 Å². The quantitative estimate of drug-likeness (QED) is 0.762. The van der Waals surface area contributed by atoms with Crippen molar-refractivity contribution < 1.29 is 23.9 Å². The van der Waals surface area contributed by atoms with E-state index in [0.717, 1.165) is 5.69 Å². The van der Waals surface area contributed by atoms with E-state index in [9.17, 15) is 14.4 Å². The van der Waals surface area contributed by atoms with Crippen molar-refractivity contribution in [3.8, 4) is 11.5 Å². The Morgan fingerprint density at radius 2 is 1.79 bits per heavy atom. The molecule has 144 valence electrons. The summed E-state index contributed by atoms with van der Waals surface area (Å²) in [4.78, 5) is 40.2. The third kappa shape index (κ3) is 3.31. The Hall–Kier alpha value is -3.35. The molecule has 2 aromatic rings. The van der Waals surface area contributed by atoms with Gasteiger partial charge in [-0.25, -0.2) is 0 Å². The fourth-order valence-corrected chi connectivity index (χ4v) is 3.37. The minimum absolute atomic E-state index is 0.00762. The van der Waals surface area contributed by atoms with Gasteiger partial charge in [0.05, 0.1) is 17.9 Å². The van der Waals surface area contributed by atoms with Crippen molar-refractivity contribution in [3.63, 3.8) is 0 Å². The normalized spacial score (nSPS) is 15.2. The number of nitrogens with zero attached hydrogens (tertiary/aromatic N) is 2. The molecule has 0 radical (unpaired) electrons. The third-order valence-corrected chi connectivity index (χ3v) is 4.96. The highest BCUT2D eigenvalue weighted by molar-refractivity contribution is 6.04. The van der Waals surface area contributed by atoms with Gasteiger partial charge in [0.25, 0.3) is 5.91 Å². The number of hydrogen-bond acceptors (Lipinski definition) is 5. The van der Waals surface area contributed by atoms with Crippen molar-refractivity contribution in [3.05, 3.63) is 48.0 Å². The van der Waals surface area contributed by atoms with E-state index in [1.165, 1.54) is 4.90 Å². The molecule has 0 atom stereocenters. The molecule has 2 aromatic carbocycles. The summed E-state index contributed by atoms with van der Waals surface area (Å²) in [6.45, 7) is 0.890. The van der Waals surface area contributed by atoms with Crippen LogP contribution in [-0.2, 0) is 9.59 Å². The first kappa shape index (κ1) is 18.0. The summed E-state index contributed by atoms with van der Waals surface area (Å²) in [5.41, 5.74) is 1.76. The number of Topliss-reactive ketones (excluding diaryl/α,β-unsaturated/α-hetero) is 1. The van der Waals surface area contributed by atoms with E-state index < -0.39 is 0 Å². The van der Waals surface area contributed by atoms with Gasteiger partial charge in [-0.2, -0.15) is 0 Å². The van der Waals surface area contributed by atoms with Crippen LogP contribution in [0.5, 0.6) is 11.5 Å². The van der Waals surface area contributed by atoms with Crippen LogP contribution in [0.2, 0.25) is 0 Å². The summed E-state index contributed by atoms with van der Waals surface area (Å²) < 4.78 is 10.9. The lowest BCUT2D eigenvalue weighted by molar-refractivity contribution is -0.121. The Bertz CT molecular complexity index is 956. The monoisotopic (exact) mass is 380 g/mol. The molecule has 2 aliphatic heterocycles. The van der Waals surface area contributed by atoms with Crippen LogP contribution in [0.4, 0.5) is 11.4 Å². The molecule has 0 bridgehead atoms. The first-order valence-electron chi connectivity index (χ1n) is 9.13. The van der Waals surface area contributed by atoms with Gasteiger partial charge < -0.3 is 19.3 Å². The molecule has 0 N–H and O–H groups in total. The number of benzene rings is 2. The summed E-state index contributed by atoms with van der Waals surface area (Å²) in [5, 5.41) is 0. The molecule has 0 aliphatic carbocycles. The fraction of sp³-hybridized carbons (Fsp3) is 0.286. The average Bonchev–Trinajstić information content (AvgIpc) is 2.73. The van der Waals surface area contributed by atoms with Gasteiger partial charge in [-0.05, 0) is 30.3 Å². The Labute approximate surface area is 162 Å². The van der Waals surface area contributed by atoms with E-state index in [-0.39, 0.29) is 37.0 Å². The summed E-state index contributed by atoms with van der Waals surface area (Å²) in [6, 6.07) is 12.4. The number of amides is 2. The zero-order valence-corrected chi connectivity index (χ0v) is 15.5. The van der Waals surface area contributed by atoms with Crippen molar-refractivity contribution in [2.45, 2.75) is 12.8 Å². The Morgan fingerprint density at radius 3 is 2.64 bits per heavy atom. The lowest BCUT2D eigenvalue weighted by atomic mass is 10.0. The van der Waals surface area contributed by atoms with Crippen molar-refractivity contribution in [1.29, 1.82) is 0 Å². The van der Waals surface area contributed by atoms with Gasteiger partial charge in [0.2, 0.25) is 5.91 Å². The molecule has 7 nitrogen and oxygen atoms in total. The van der Waals surface area contributed by atoms with Crippen molar-refractivity contribution >= 4 is 29.0 Å². The number of anilines is 2. The molecule has 0 unspecified atom stereocenters. The molecule has 7 heteroatoms. The van der Waals surface area contributed by atoms with Gasteiger partial charge in [0.1, 0.15) is 18.1 Å². The third-order valence-electron chi connectivity index (χ3n) is 4.96. The van der Waals surface area contributed by atoms with Gasteiger partial charge in [0, 0.05) is 25.5 Å². The Balaban J connectivity index is 1.44. The molecular formula is C21H20N2O5. The Morgan fingerprint density at radius 1 is 1.00 bits per heavy atom. The molecule has 0 spiro atoms. The van der Waals surface area contributed by atoms with E-state index in [2.05, 4.69) is 0 Å². The van der Waals surface area contributed by atoms with Crippen LogP contribution < -0.4 is 19.3 Å². The molecule has 0 saturated heterocycles. The maximum Gasteiger partial charge on any atom is 0.264 e. The van der Waals surface area contributed by atoms with Gasteiger partial charge >= 0.3 is 0 Å². The number of hydrogen-bond donors (Lipinski definition) is 0. The lowest BCUT2D eigenvalue weighted by Crippen LogP contribution is -2.38. The minimum atomic E-state index is -0.168. The van der Waals surface area contributed by atoms with Gasteiger partial charge in [-0.15, -0.1) is 0 Å². The molecule has 0 saturated carbocycles. The predicted octanol–water partition coefficient (Wildman–Crippen LogP) is 2.43. The second-order valence-corrected chi connectivity index (χ2v) is 6.71. The zero-order valence-electron chi connectivity index (χ0n) is 15.5. The molecule has 0 aromatic heterocycles. The summed E-state index contributed by atoms with van der Waals surface area (Å²) in [7, 11) is 1.65. The van der Waals surface area contributed by atoms with Crippen LogP contribution in [0.15, 0.2) is 42.5 Å². The Kier molecular flexibility index (Phi) is 4.73. The van der Waals surface area contributed by atoms with Crippen molar-refractivity contribution in [2.24, 2.45) is 0 Å². The van der Waals surface area contributed by atoms with Crippen LogP contribution in [0, 0.1) is 0 Å². The lowest BCUT2D eigenvalue weighted by Gasteiger charge is -2.29. The number of fused-ring (bicyclic) bond motifs is 2. The largest absolute Gasteiger partial charge is 0.490 e. The second-order valence-electron chi connectivity index (χ2n) is 6.71. The molecule has 2 heterocycles. The molecular weight excluding hydrogens is 360 g/mol. The maximum atomic E-state index is 12.7. The smallest absolute Gasteiger partial charge is 0.264 e. The minimum Gasteiger partial charge on any atom is -0.490 e. The standard InChI is InChI=1S/C21H20N2O5/c1-22-16-12-14(6-8-19(16)28-13-21(22)26)17(24)7-9-20(25)23-10-11-27-18-5-3-2-4-15(18)23/h2-6,8,12H,7,9-11,13H2,1H3. The zero-order chi connectivity index (χ0) is 19.7. The molecule has 2 aliphatic rings. The highest BCUT2D eigenvalue weighted by Gasteiger charge is 2.25.